The van der Waals surface area contributed by atoms with Gasteiger partial charge in [-0.15, -0.1) is 0 Å². The third kappa shape index (κ3) is 6.26. The number of nitrogens with zero attached hydrogens (tertiary/aromatic N) is 2. The van der Waals surface area contributed by atoms with E-state index in [9.17, 15) is 4.79 Å². The third-order valence-electron chi connectivity index (χ3n) is 7.81. The molecule has 0 spiro atoms. The summed E-state index contributed by atoms with van der Waals surface area (Å²) in [5.41, 5.74) is 7.07. The number of carbonyl (C=O) groups excluding carboxylic acids is 1. The zero-order chi connectivity index (χ0) is 28.3. The van der Waals surface area contributed by atoms with Gasteiger partial charge in [0.05, 0.1) is 36.6 Å². The summed E-state index contributed by atoms with van der Waals surface area (Å²) in [4.78, 5) is 15.1. The maximum absolute atomic E-state index is 12.7. The lowest BCUT2D eigenvalue weighted by molar-refractivity contribution is -0.116. The molecule has 0 radical (unpaired) electrons. The van der Waals surface area contributed by atoms with Crippen LogP contribution in [-0.4, -0.2) is 53.4 Å². The molecule has 7 heteroatoms. The van der Waals surface area contributed by atoms with Crippen LogP contribution in [0.25, 0.3) is 29.1 Å². The van der Waals surface area contributed by atoms with E-state index in [1.165, 1.54) is 5.56 Å². The van der Waals surface area contributed by atoms with Crippen LogP contribution in [0.4, 0.5) is 0 Å². The number of ether oxygens (including phenoxy) is 2. The van der Waals surface area contributed by atoms with Crippen molar-refractivity contribution < 1.29 is 14.3 Å². The first-order valence-electron chi connectivity index (χ1n) is 14.2. The highest BCUT2D eigenvalue weighted by molar-refractivity contribution is 6.01. The number of fused-ring (bicyclic) bond motifs is 1. The summed E-state index contributed by atoms with van der Waals surface area (Å²) < 4.78 is 11.1. The Hall–Kier alpha value is -4.20. The average Bonchev–Trinajstić information content (AvgIpc) is 3.54. The second-order valence-corrected chi connectivity index (χ2v) is 11.1. The van der Waals surface area contributed by atoms with Gasteiger partial charge >= 0.3 is 0 Å². The van der Waals surface area contributed by atoms with E-state index in [4.69, 9.17) is 9.47 Å². The number of rotatable bonds is 7. The molecule has 0 saturated carbocycles. The monoisotopic (exact) mass is 548 g/mol. The van der Waals surface area contributed by atoms with Crippen LogP contribution in [0.3, 0.4) is 0 Å². The number of amides is 1. The number of carbonyl (C=O) groups is 1. The molecule has 1 unspecified atom stereocenters. The lowest BCUT2D eigenvalue weighted by atomic mass is 10.0. The van der Waals surface area contributed by atoms with E-state index in [2.05, 4.69) is 70.7 Å². The van der Waals surface area contributed by atoms with Crippen molar-refractivity contribution in [2.75, 3.05) is 20.2 Å². The number of hydrogen-bond acceptors (Lipinski definition) is 5. The molecule has 2 N–H and O–H groups in total. The van der Waals surface area contributed by atoms with Crippen molar-refractivity contribution in [3.8, 4) is 5.75 Å². The first kappa shape index (κ1) is 27.0. The highest BCUT2D eigenvalue weighted by Gasteiger charge is 2.27. The largest absolute Gasteiger partial charge is 0.497 e. The van der Waals surface area contributed by atoms with Gasteiger partial charge in [-0.25, -0.2) is 0 Å². The minimum absolute atomic E-state index is 0.0285. The van der Waals surface area contributed by atoms with Crippen molar-refractivity contribution in [2.24, 2.45) is 0 Å². The lowest BCUT2D eigenvalue weighted by Gasteiger charge is -2.35. The van der Waals surface area contributed by atoms with Crippen LogP contribution in [0.1, 0.15) is 54.3 Å². The molecule has 2 aliphatic rings. The van der Waals surface area contributed by atoms with Crippen LogP contribution in [0.5, 0.6) is 5.75 Å². The molecule has 2 saturated heterocycles. The van der Waals surface area contributed by atoms with Gasteiger partial charge in [0.25, 0.3) is 0 Å². The molecule has 2 aliphatic heterocycles. The molecule has 2 fully saturated rings. The molecular weight excluding hydrogens is 512 g/mol. The molecule has 0 bridgehead atoms. The number of aromatic nitrogens is 2. The van der Waals surface area contributed by atoms with Crippen LogP contribution in [-0.2, 0) is 16.1 Å². The maximum atomic E-state index is 12.7. The zero-order valence-corrected chi connectivity index (χ0v) is 23.8. The van der Waals surface area contributed by atoms with Crippen molar-refractivity contribution in [3.05, 3.63) is 100 Å². The number of benzene rings is 3. The number of nitrogens with one attached hydrogen (secondary N) is 2. The van der Waals surface area contributed by atoms with Gasteiger partial charge in [-0.2, -0.15) is 5.10 Å². The molecule has 6 rings (SSSR count). The number of H-pyrrole nitrogens is 1. The molecule has 1 aromatic heterocycles. The molecule has 0 aliphatic carbocycles. The summed E-state index contributed by atoms with van der Waals surface area (Å²) >= 11 is 0. The van der Waals surface area contributed by atoms with Crippen molar-refractivity contribution in [1.29, 1.82) is 0 Å². The highest BCUT2D eigenvalue weighted by Crippen LogP contribution is 2.30. The molecule has 4 aromatic rings. The van der Waals surface area contributed by atoms with Crippen molar-refractivity contribution in [2.45, 2.75) is 45.1 Å². The first-order valence-corrected chi connectivity index (χ1v) is 14.2. The quantitative estimate of drug-likeness (QED) is 0.277. The molecule has 3 heterocycles. The smallest absolute Gasteiger partial charge is 0.247 e. The summed E-state index contributed by atoms with van der Waals surface area (Å²) in [6, 6.07) is 22.7. The van der Waals surface area contributed by atoms with Crippen LogP contribution in [0.15, 0.2) is 72.3 Å². The Balaban J connectivity index is 1.11. The summed E-state index contributed by atoms with van der Waals surface area (Å²) in [5.74, 6) is 0.775. The maximum Gasteiger partial charge on any atom is 0.247 e. The fourth-order valence-corrected chi connectivity index (χ4v) is 5.83. The SMILES string of the molecule is COc1ccc(C2C/C(=C\c3ccc4c(C=Cc5ccc(CN6C[C@@H](C)O[C@@H](C)C6)cc5)n[nH]c4c3)C(=O)N2)cc1. The predicted molar refractivity (Wildman–Crippen MR) is 163 cm³/mol. The Labute approximate surface area is 240 Å². The highest BCUT2D eigenvalue weighted by atomic mass is 16.5. The fraction of sp³-hybridized carbons (Fsp3) is 0.294. The summed E-state index contributed by atoms with van der Waals surface area (Å²) in [6.45, 7) is 7.15. The zero-order valence-electron chi connectivity index (χ0n) is 23.8. The van der Waals surface area contributed by atoms with Crippen LogP contribution in [0, 0.1) is 0 Å². The Bertz CT molecular complexity index is 1580. The van der Waals surface area contributed by atoms with Gasteiger partial charge in [-0.3, -0.25) is 14.8 Å². The van der Waals surface area contributed by atoms with E-state index in [1.54, 1.807) is 7.11 Å². The Morgan fingerprint density at radius 1 is 0.976 bits per heavy atom. The molecule has 1 amide bonds. The molecule has 41 heavy (non-hydrogen) atoms. The van der Waals surface area contributed by atoms with E-state index < -0.39 is 0 Å². The average molecular weight is 549 g/mol. The summed E-state index contributed by atoms with van der Waals surface area (Å²) in [7, 11) is 1.65. The number of hydrogen-bond donors (Lipinski definition) is 2. The standard InChI is InChI=1S/C34H36N4O3/c1-22-19-38(20-23(2)41-22)21-25-6-4-24(5-7-25)9-15-31-30-14-8-26(17-33(30)37-36-31)16-28-18-32(35-34(28)39)27-10-12-29(40-3)13-11-27/h4-17,22-23,32H,18-21H2,1-3H3,(H,35,39)(H,36,37)/b15-9?,28-16+/t22-,23+,32?. The van der Waals surface area contributed by atoms with E-state index >= 15 is 0 Å². The first-order chi connectivity index (χ1) is 19.9. The third-order valence-corrected chi connectivity index (χ3v) is 7.81. The molecule has 3 aromatic carbocycles. The molecular formula is C34H36N4O3. The molecule has 3 atom stereocenters. The predicted octanol–water partition coefficient (Wildman–Crippen LogP) is 6.00. The minimum Gasteiger partial charge on any atom is -0.497 e. The van der Waals surface area contributed by atoms with Crippen LogP contribution < -0.4 is 10.1 Å². The van der Waals surface area contributed by atoms with Crippen LogP contribution >= 0.6 is 0 Å². The van der Waals surface area contributed by atoms with E-state index in [1.807, 2.05) is 48.6 Å². The second kappa shape index (κ2) is 11.7. The van der Waals surface area contributed by atoms with E-state index in [-0.39, 0.29) is 24.2 Å². The second-order valence-electron chi connectivity index (χ2n) is 11.1. The van der Waals surface area contributed by atoms with Gasteiger partial charge in [0.1, 0.15) is 5.75 Å². The van der Waals surface area contributed by atoms with Crippen molar-refractivity contribution >= 4 is 35.0 Å². The van der Waals surface area contributed by atoms with Gasteiger partial charge < -0.3 is 14.8 Å². The summed E-state index contributed by atoms with van der Waals surface area (Å²) in [5, 5.41) is 11.8. The minimum atomic E-state index is -0.0342. The van der Waals surface area contributed by atoms with Gasteiger partial charge in [0, 0.05) is 37.0 Å². The Morgan fingerprint density at radius 3 is 2.44 bits per heavy atom. The van der Waals surface area contributed by atoms with Crippen molar-refractivity contribution in [3.63, 3.8) is 0 Å². The van der Waals surface area contributed by atoms with Gasteiger partial charge in [-0.1, -0.05) is 48.5 Å². The Kier molecular flexibility index (Phi) is 7.72. The number of morpholine rings is 1. The van der Waals surface area contributed by atoms with E-state index in [0.717, 1.165) is 64.2 Å². The topological polar surface area (TPSA) is 79.5 Å². The molecule has 210 valence electrons. The van der Waals surface area contributed by atoms with Gasteiger partial charge in [0.2, 0.25) is 5.91 Å². The van der Waals surface area contributed by atoms with Gasteiger partial charge in [-0.05, 0) is 72.5 Å². The Morgan fingerprint density at radius 2 is 1.71 bits per heavy atom. The van der Waals surface area contributed by atoms with Crippen molar-refractivity contribution in [1.82, 2.24) is 20.4 Å². The lowest BCUT2D eigenvalue weighted by Crippen LogP contribution is -2.44. The number of methoxy groups -OCH3 is 1. The van der Waals surface area contributed by atoms with E-state index in [0.29, 0.717) is 6.42 Å². The number of aromatic amines is 1. The van der Waals surface area contributed by atoms with Gasteiger partial charge in [0.15, 0.2) is 0 Å². The normalized spacial score (nSPS) is 22.6. The molecule has 7 nitrogen and oxygen atoms in total. The fourth-order valence-electron chi connectivity index (χ4n) is 5.83. The summed E-state index contributed by atoms with van der Waals surface area (Å²) in [6.07, 6.45) is 7.30. The van der Waals surface area contributed by atoms with Crippen LogP contribution in [0.2, 0.25) is 0 Å².